The fourth-order valence-electron chi connectivity index (χ4n) is 2.78. The number of allylic oxidation sites excluding steroid dienone is 2. The van der Waals surface area contributed by atoms with Crippen molar-refractivity contribution >= 4 is 0 Å². The highest BCUT2D eigenvalue weighted by atomic mass is 15.1. The van der Waals surface area contributed by atoms with Gasteiger partial charge in [0.1, 0.15) is 0 Å². The summed E-state index contributed by atoms with van der Waals surface area (Å²) in [6.07, 6.45) is 6.78. The molecule has 0 aromatic carbocycles. The normalized spacial score (nSPS) is 26.4. The van der Waals surface area contributed by atoms with Crippen LogP contribution in [0.5, 0.6) is 0 Å². The van der Waals surface area contributed by atoms with Gasteiger partial charge in [-0.3, -0.25) is 0 Å². The second kappa shape index (κ2) is 3.69. The van der Waals surface area contributed by atoms with Gasteiger partial charge in [0, 0.05) is 0 Å². The van der Waals surface area contributed by atoms with Crippen molar-refractivity contribution in [3.8, 4) is 0 Å². The molecule has 2 rings (SSSR count). The molecule has 0 aromatic heterocycles. The standard InChI is InChI=1S/C13H23N/c1-4-14-7-5-13(6-8-14)9-12(10-13)11(2)3/h9,11H,4-8,10H2,1-3H3. The molecule has 2 aliphatic rings. The van der Waals surface area contributed by atoms with Crippen molar-refractivity contribution in [2.45, 2.75) is 40.0 Å². The third-order valence-corrected chi connectivity index (χ3v) is 4.09. The van der Waals surface area contributed by atoms with Gasteiger partial charge in [0.05, 0.1) is 0 Å². The fraction of sp³-hybridized carbons (Fsp3) is 0.846. The van der Waals surface area contributed by atoms with Crippen LogP contribution in [-0.2, 0) is 0 Å². The zero-order valence-electron chi connectivity index (χ0n) is 9.84. The average molecular weight is 193 g/mol. The van der Waals surface area contributed by atoms with Gasteiger partial charge in [-0.2, -0.15) is 0 Å². The summed E-state index contributed by atoms with van der Waals surface area (Å²) < 4.78 is 0. The molecule has 1 aliphatic heterocycles. The molecule has 0 atom stereocenters. The lowest BCUT2D eigenvalue weighted by Gasteiger charge is -2.47. The average Bonchev–Trinajstić information content (AvgIpc) is 2.14. The summed E-state index contributed by atoms with van der Waals surface area (Å²) in [7, 11) is 0. The summed E-state index contributed by atoms with van der Waals surface area (Å²) in [6.45, 7) is 10.8. The summed E-state index contributed by atoms with van der Waals surface area (Å²) in [6, 6.07) is 0. The third kappa shape index (κ3) is 1.75. The molecule has 0 bridgehead atoms. The van der Waals surface area contributed by atoms with Crippen LogP contribution in [0.2, 0.25) is 0 Å². The van der Waals surface area contributed by atoms with Gasteiger partial charge < -0.3 is 4.90 Å². The Balaban J connectivity index is 1.91. The van der Waals surface area contributed by atoms with Crippen molar-refractivity contribution in [3.63, 3.8) is 0 Å². The molecule has 1 nitrogen and oxygen atoms in total. The molecule has 1 spiro atoms. The first-order valence-electron chi connectivity index (χ1n) is 6.09. The van der Waals surface area contributed by atoms with Gasteiger partial charge in [-0.05, 0) is 50.2 Å². The van der Waals surface area contributed by atoms with Crippen molar-refractivity contribution in [1.82, 2.24) is 4.90 Å². The molecular formula is C13H23N. The number of likely N-dealkylation sites (tertiary alicyclic amines) is 1. The van der Waals surface area contributed by atoms with Crippen LogP contribution < -0.4 is 0 Å². The van der Waals surface area contributed by atoms with Crippen molar-refractivity contribution in [3.05, 3.63) is 11.6 Å². The number of rotatable bonds is 2. The molecule has 0 aromatic rings. The van der Waals surface area contributed by atoms with E-state index in [1.54, 1.807) is 5.57 Å². The first-order chi connectivity index (χ1) is 6.65. The van der Waals surface area contributed by atoms with Gasteiger partial charge in [0.25, 0.3) is 0 Å². The molecule has 0 saturated carbocycles. The van der Waals surface area contributed by atoms with Gasteiger partial charge in [-0.15, -0.1) is 0 Å². The van der Waals surface area contributed by atoms with Crippen LogP contribution in [0.1, 0.15) is 40.0 Å². The van der Waals surface area contributed by atoms with Crippen molar-refractivity contribution < 1.29 is 0 Å². The summed E-state index contributed by atoms with van der Waals surface area (Å²) in [5, 5.41) is 0. The van der Waals surface area contributed by atoms with Crippen LogP contribution >= 0.6 is 0 Å². The van der Waals surface area contributed by atoms with E-state index >= 15 is 0 Å². The molecule has 80 valence electrons. The molecule has 1 heteroatoms. The summed E-state index contributed by atoms with van der Waals surface area (Å²) in [5.41, 5.74) is 2.33. The maximum atomic E-state index is 2.59. The number of hydrogen-bond donors (Lipinski definition) is 0. The summed E-state index contributed by atoms with van der Waals surface area (Å²) >= 11 is 0. The molecule has 0 unspecified atom stereocenters. The molecule has 0 radical (unpaired) electrons. The smallest absolute Gasteiger partial charge is 0.00104 e. The maximum Gasteiger partial charge on any atom is -0.00104 e. The number of nitrogens with zero attached hydrogens (tertiary/aromatic N) is 1. The lowest BCUT2D eigenvalue weighted by Crippen LogP contribution is -2.42. The van der Waals surface area contributed by atoms with E-state index in [-0.39, 0.29) is 0 Å². The van der Waals surface area contributed by atoms with E-state index < -0.39 is 0 Å². The molecular weight excluding hydrogens is 170 g/mol. The maximum absolute atomic E-state index is 2.59. The fourth-order valence-corrected chi connectivity index (χ4v) is 2.78. The molecule has 1 saturated heterocycles. The van der Waals surface area contributed by atoms with Crippen LogP contribution in [0.25, 0.3) is 0 Å². The Bertz CT molecular complexity index is 232. The highest BCUT2D eigenvalue weighted by Crippen LogP contribution is 2.49. The third-order valence-electron chi connectivity index (χ3n) is 4.09. The van der Waals surface area contributed by atoms with Gasteiger partial charge in [-0.25, -0.2) is 0 Å². The quantitative estimate of drug-likeness (QED) is 0.609. The molecule has 1 heterocycles. The predicted molar refractivity (Wildman–Crippen MR) is 61.3 cm³/mol. The highest BCUT2D eigenvalue weighted by molar-refractivity contribution is 5.26. The largest absolute Gasteiger partial charge is 0.304 e. The van der Waals surface area contributed by atoms with Gasteiger partial charge >= 0.3 is 0 Å². The van der Waals surface area contributed by atoms with E-state index in [4.69, 9.17) is 0 Å². The number of piperidine rings is 1. The Morgan fingerprint density at radius 3 is 2.36 bits per heavy atom. The van der Waals surface area contributed by atoms with E-state index in [1.807, 2.05) is 0 Å². The van der Waals surface area contributed by atoms with Crippen LogP contribution in [0.15, 0.2) is 11.6 Å². The Hall–Kier alpha value is -0.300. The number of hydrogen-bond acceptors (Lipinski definition) is 1. The van der Waals surface area contributed by atoms with Gasteiger partial charge in [-0.1, -0.05) is 32.4 Å². The van der Waals surface area contributed by atoms with Gasteiger partial charge in [0.2, 0.25) is 0 Å². The molecule has 1 fully saturated rings. The minimum absolute atomic E-state index is 0.630. The zero-order valence-corrected chi connectivity index (χ0v) is 9.84. The predicted octanol–water partition coefficient (Wildman–Crippen LogP) is 3.07. The van der Waals surface area contributed by atoms with Crippen LogP contribution in [0.3, 0.4) is 0 Å². The van der Waals surface area contributed by atoms with E-state index in [2.05, 4.69) is 31.7 Å². The van der Waals surface area contributed by atoms with Crippen LogP contribution in [0.4, 0.5) is 0 Å². The highest BCUT2D eigenvalue weighted by Gasteiger charge is 2.39. The first kappa shape index (κ1) is 10.2. The molecule has 0 N–H and O–H groups in total. The molecule has 14 heavy (non-hydrogen) atoms. The van der Waals surface area contributed by atoms with E-state index in [0.717, 1.165) is 5.92 Å². The topological polar surface area (TPSA) is 3.24 Å². The van der Waals surface area contributed by atoms with Crippen molar-refractivity contribution in [2.75, 3.05) is 19.6 Å². The Morgan fingerprint density at radius 1 is 1.36 bits per heavy atom. The SMILES string of the molecule is CCN1CCC2(C=C(C(C)C)C2)CC1. The molecule has 0 amide bonds. The van der Waals surface area contributed by atoms with E-state index in [1.165, 1.54) is 38.9 Å². The van der Waals surface area contributed by atoms with Crippen LogP contribution in [-0.4, -0.2) is 24.5 Å². The van der Waals surface area contributed by atoms with E-state index in [9.17, 15) is 0 Å². The van der Waals surface area contributed by atoms with Crippen molar-refractivity contribution in [2.24, 2.45) is 11.3 Å². The zero-order chi connectivity index (χ0) is 10.2. The summed E-state index contributed by atoms with van der Waals surface area (Å²) in [5.74, 6) is 0.782. The Labute approximate surface area is 88.2 Å². The van der Waals surface area contributed by atoms with Crippen molar-refractivity contribution in [1.29, 1.82) is 0 Å². The summed E-state index contributed by atoms with van der Waals surface area (Å²) in [4.78, 5) is 2.58. The molecule has 1 aliphatic carbocycles. The minimum Gasteiger partial charge on any atom is -0.304 e. The Morgan fingerprint density at radius 2 is 1.93 bits per heavy atom. The first-order valence-corrected chi connectivity index (χ1v) is 6.09. The second-order valence-electron chi connectivity index (χ2n) is 5.35. The van der Waals surface area contributed by atoms with Gasteiger partial charge in [0.15, 0.2) is 0 Å². The van der Waals surface area contributed by atoms with Crippen LogP contribution in [0, 0.1) is 11.3 Å². The second-order valence-corrected chi connectivity index (χ2v) is 5.35. The lowest BCUT2D eigenvalue weighted by molar-refractivity contribution is 0.126. The monoisotopic (exact) mass is 193 g/mol. The lowest BCUT2D eigenvalue weighted by atomic mass is 9.63. The van der Waals surface area contributed by atoms with E-state index in [0.29, 0.717) is 5.41 Å². The minimum atomic E-state index is 0.630. The Kier molecular flexibility index (Phi) is 2.70.